The largest absolute Gasteiger partial charge is 0.481 e. The van der Waals surface area contributed by atoms with E-state index in [1.165, 1.54) is 11.3 Å². The van der Waals surface area contributed by atoms with Gasteiger partial charge in [-0.05, 0) is 20.3 Å². The van der Waals surface area contributed by atoms with Gasteiger partial charge in [0.15, 0.2) is 5.13 Å². The zero-order chi connectivity index (χ0) is 14.5. The Morgan fingerprint density at radius 3 is 2.74 bits per heavy atom. The molecule has 1 amide bonds. The van der Waals surface area contributed by atoms with Gasteiger partial charge < -0.3 is 15.7 Å². The van der Waals surface area contributed by atoms with Gasteiger partial charge in [-0.15, -0.1) is 11.3 Å². The average Bonchev–Trinajstić information content (AvgIpc) is 2.83. The molecule has 0 aliphatic carbocycles. The van der Waals surface area contributed by atoms with Crippen LogP contribution in [0.5, 0.6) is 0 Å². The molecule has 3 N–H and O–H groups in total. The third-order valence-electron chi connectivity index (χ3n) is 2.65. The van der Waals surface area contributed by atoms with Gasteiger partial charge in [-0.3, -0.25) is 9.59 Å². The van der Waals surface area contributed by atoms with E-state index in [0.29, 0.717) is 17.4 Å². The molecule has 1 rings (SSSR count). The quantitative estimate of drug-likeness (QED) is 0.705. The Morgan fingerprint density at radius 2 is 2.16 bits per heavy atom. The molecule has 0 aliphatic rings. The third-order valence-corrected chi connectivity index (χ3v) is 3.45. The Balaban J connectivity index is 2.56. The Bertz CT molecular complexity index is 457. The van der Waals surface area contributed by atoms with E-state index in [4.69, 9.17) is 5.11 Å². The summed E-state index contributed by atoms with van der Waals surface area (Å²) in [6.45, 7) is 5.97. The molecule has 0 saturated heterocycles. The number of hydrogen-bond donors (Lipinski definition) is 3. The van der Waals surface area contributed by atoms with Gasteiger partial charge in [0, 0.05) is 11.9 Å². The molecule has 7 heteroatoms. The molecule has 0 radical (unpaired) electrons. The Labute approximate surface area is 116 Å². The average molecular weight is 285 g/mol. The van der Waals surface area contributed by atoms with Gasteiger partial charge >= 0.3 is 5.97 Å². The van der Waals surface area contributed by atoms with Crippen LogP contribution in [0.15, 0.2) is 5.38 Å². The van der Waals surface area contributed by atoms with E-state index in [0.717, 1.165) is 6.42 Å². The molecule has 0 unspecified atom stereocenters. The summed E-state index contributed by atoms with van der Waals surface area (Å²) in [5, 5.41) is 17.0. The molecule has 1 heterocycles. The second-order valence-electron chi connectivity index (χ2n) is 4.67. The fourth-order valence-electron chi connectivity index (χ4n) is 1.23. The summed E-state index contributed by atoms with van der Waals surface area (Å²) in [7, 11) is 0. The summed E-state index contributed by atoms with van der Waals surface area (Å²) in [5.74, 6) is -1.03. The van der Waals surface area contributed by atoms with Crippen LogP contribution >= 0.6 is 11.3 Å². The lowest BCUT2D eigenvalue weighted by molar-refractivity contribution is -0.142. The summed E-state index contributed by atoms with van der Waals surface area (Å²) in [6.07, 6.45) is 0.889. The number of thiazole rings is 1. The summed E-state index contributed by atoms with van der Waals surface area (Å²) in [4.78, 5) is 26.7. The van der Waals surface area contributed by atoms with E-state index < -0.39 is 11.4 Å². The fourth-order valence-corrected chi connectivity index (χ4v) is 2.11. The van der Waals surface area contributed by atoms with Gasteiger partial charge in [-0.25, -0.2) is 4.98 Å². The molecule has 6 nitrogen and oxygen atoms in total. The lowest BCUT2D eigenvalue weighted by Crippen LogP contribution is -2.30. The zero-order valence-corrected chi connectivity index (χ0v) is 12.1. The van der Waals surface area contributed by atoms with Crippen molar-refractivity contribution in [1.82, 2.24) is 10.3 Å². The van der Waals surface area contributed by atoms with Crippen molar-refractivity contribution in [1.29, 1.82) is 0 Å². The van der Waals surface area contributed by atoms with Crippen molar-refractivity contribution >= 4 is 28.3 Å². The molecule has 0 saturated carbocycles. The molecule has 1 aromatic heterocycles. The van der Waals surface area contributed by atoms with Crippen LogP contribution in [0.3, 0.4) is 0 Å². The minimum absolute atomic E-state index is 0.101. The first-order valence-electron chi connectivity index (χ1n) is 6.08. The summed E-state index contributed by atoms with van der Waals surface area (Å²) >= 11 is 1.29. The van der Waals surface area contributed by atoms with E-state index in [2.05, 4.69) is 15.6 Å². The maximum atomic E-state index is 11.4. The van der Waals surface area contributed by atoms with Crippen molar-refractivity contribution in [2.45, 2.75) is 32.6 Å². The molecule has 0 aliphatic heterocycles. The maximum absolute atomic E-state index is 11.4. The van der Waals surface area contributed by atoms with Crippen LogP contribution in [0, 0.1) is 0 Å². The molecule has 19 heavy (non-hydrogen) atoms. The van der Waals surface area contributed by atoms with Crippen molar-refractivity contribution in [3.05, 3.63) is 11.1 Å². The highest BCUT2D eigenvalue weighted by molar-refractivity contribution is 7.13. The molecular formula is C12H19N3O3S. The normalized spacial score (nSPS) is 11.1. The van der Waals surface area contributed by atoms with Gasteiger partial charge in [0.1, 0.15) is 5.41 Å². The predicted molar refractivity (Wildman–Crippen MR) is 74.6 cm³/mol. The maximum Gasteiger partial charge on any atom is 0.315 e. The van der Waals surface area contributed by atoms with E-state index in [-0.39, 0.29) is 12.5 Å². The lowest BCUT2D eigenvalue weighted by Gasteiger charge is -2.15. The first-order valence-corrected chi connectivity index (χ1v) is 6.95. The van der Waals surface area contributed by atoms with Crippen LogP contribution in [-0.2, 0) is 15.0 Å². The molecule has 0 spiro atoms. The summed E-state index contributed by atoms with van der Waals surface area (Å²) in [5.41, 5.74) is -0.539. The number of anilines is 1. The van der Waals surface area contributed by atoms with Gasteiger partial charge in [-0.2, -0.15) is 0 Å². The van der Waals surface area contributed by atoms with Crippen molar-refractivity contribution in [3.8, 4) is 0 Å². The highest BCUT2D eigenvalue weighted by atomic mass is 32.1. The molecular weight excluding hydrogens is 266 g/mol. The molecule has 0 bridgehead atoms. The van der Waals surface area contributed by atoms with E-state index >= 15 is 0 Å². The number of rotatable bonds is 7. The number of aromatic nitrogens is 1. The van der Waals surface area contributed by atoms with Gasteiger partial charge in [0.2, 0.25) is 5.91 Å². The SMILES string of the molecule is CCCNC(=O)CNc1nc(C(C)(C)C(=O)O)cs1. The zero-order valence-electron chi connectivity index (χ0n) is 11.3. The second-order valence-corrected chi connectivity index (χ2v) is 5.53. The molecule has 1 aromatic rings. The Kier molecular flexibility index (Phi) is 5.29. The number of carboxylic acid groups (broad SMARTS) is 1. The van der Waals surface area contributed by atoms with Crippen molar-refractivity contribution < 1.29 is 14.7 Å². The van der Waals surface area contributed by atoms with Crippen LogP contribution < -0.4 is 10.6 Å². The van der Waals surface area contributed by atoms with Crippen LogP contribution in [0.4, 0.5) is 5.13 Å². The summed E-state index contributed by atoms with van der Waals surface area (Å²) in [6, 6.07) is 0. The first-order chi connectivity index (χ1) is 8.87. The van der Waals surface area contributed by atoms with Gasteiger partial charge in [0.25, 0.3) is 0 Å². The highest BCUT2D eigenvalue weighted by Gasteiger charge is 2.32. The fraction of sp³-hybridized carbons (Fsp3) is 0.583. The van der Waals surface area contributed by atoms with Gasteiger partial charge in [-0.1, -0.05) is 6.92 Å². The number of carbonyl (C=O) groups is 2. The van der Waals surface area contributed by atoms with Crippen LogP contribution in [0.25, 0.3) is 0 Å². The first kappa shape index (κ1) is 15.4. The van der Waals surface area contributed by atoms with Crippen LogP contribution in [0.1, 0.15) is 32.9 Å². The predicted octanol–water partition coefficient (Wildman–Crippen LogP) is 1.44. The number of carbonyl (C=O) groups excluding carboxylic acids is 1. The standard InChI is InChI=1S/C12H19N3O3S/c1-4-5-13-9(16)6-14-11-15-8(7-19-11)12(2,3)10(17)18/h7H,4-6H2,1-3H3,(H,13,16)(H,14,15)(H,17,18). The minimum atomic E-state index is -1.03. The third kappa shape index (κ3) is 4.20. The van der Waals surface area contributed by atoms with Gasteiger partial charge in [0.05, 0.1) is 12.2 Å². The summed E-state index contributed by atoms with van der Waals surface area (Å²) < 4.78 is 0. The van der Waals surface area contributed by atoms with Crippen molar-refractivity contribution in [2.75, 3.05) is 18.4 Å². The number of carboxylic acids is 1. The highest BCUT2D eigenvalue weighted by Crippen LogP contribution is 2.27. The second kappa shape index (κ2) is 6.51. The number of nitrogens with zero attached hydrogens (tertiary/aromatic N) is 1. The lowest BCUT2D eigenvalue weighted by atomic mass is 9.90. The number of hydrogen-bond acceptors (Lipinski definition) is 5. The number of amides is 1. The van der Waals surface area contributed by atoms with E-state index in [1.54, 1.807) is 19.2 Å². The molecule has 0 atom stereocenters. The molecule has 0 fully saturated rings. The van der Waals surface area contributed by atoms with Crippen LogP contribution in [0.2, 0.25) is 0 Å². The van der Waals surface area contributed by atoms with E-state index in [1.807, 2.05) is 6.92 Å². The number of aliphatic carboxylic acids is 1. The number of nitrogens with one attached hydrogen (secondary N) is 2. The van der Waals surface area contributed by atoms with Crippen molar-refractivity contribution in [3.63, 3.8) is 0 Å². The molecule has 106 valence electrons. The minimum Gasteiger partial charge on any atom is -0.481 e. The Morgan fingerprint density at radius 1 is 1.47 bits per heavy atom. The van der Waals surface area contributed by atoms with Crippen molar-refractivity contribution in [2.24, 2.45) is 0 Å². The van der Waals surface area contributed by atoms with E-state index in [9.17, 15) is 9.59 Å². The monoisotopic (exact) mass is 285 g/mol. The topological polar surface area (TPSA) is 91.3 Å². The Hall–Kier alpha value is -1.63. The van der Waals surface area contributed by atoms with Crippen LogP contribution in [-0.4, -0.2) is 35.1 Å². The molecule has 0 aromatic carbocycles. The smallest absolute Gasteiger partial charge is 0.315 e.